The molecule has 0 unspecified atom stereocenters. The first-order valence-electron chi connectivity index (χ1n) is 4.06. The van der Waals surface area contributed by atoms with Crippen LogP contribution in [0.5, 0.6) is 0 Å². The van der Waals surface area contributed by atoms with Gasteiger partial charge in [-0.05, 0) is 25.0 Å². The number of hydrogen-bond donors (Lipinski definition) is 1. The minimum atomic E-state index is -4.74. The van der Waals surface area contributed by atoms with Crippen molar-refractivity contribution in [1.82, 2.24) is 4.98 Å². The van der Waals surface area contributed by atoms with Crippen molar-refractivity contribution >= 4 is 5.78 Å². The van der Waals surface area contributed by atoms with E-state index in [0.717, 1.165) is 0 Å². The smallest absolute Gasteiger partial charge is 0.365 e. The fourth-order valence-corrected chi connectivity index (χ4v) is 1.22. The highest BCUT2D eigenvalue weighted by Gasteiger charge is 2.38. The summed E-state index contributed by atoms with van der Waals surface area (Å²) < 4.78 is 35.8. The van der Waals surface area contributed by atoms with Gasteiger partial charge >= 0.3 is 6.18 Å². The second-order valence-electron chi connectivity index (χ2n) is 3.17. The number of nitrogens with one attached hydrogen (secondary N) is 1. The number of aryl methyl sites for hydroxylation is 2. The molecule has 1 aromatic heterocycles. The Labute approximate surface area is 79.1 Å². The predicted octanol–water partition coefficient (Wildman–Crippen LogP) is 2.31. The van der Waals surface area contributed by atoms with Gasteiger partial charge in [-0.3, -0.25) is 4.79 Å². The van der Waals surface area contributed by atoms with Crippen molar-refractivity contribution in [2.75, 3.05) is 0 Å². The third kappa shape index (κ3) is 2.16. The van der Waals surface area contributed by atoms with Crippen LogP contribution in [0.25, 0.3) is 0 Å². The van der Waals surface area contributed by atoms with Gasteiger partial charge in [-0.15, -0.1) is 0 Å². The molecule has 2 nitrogen and oxygen atoms in total. The number of Topliss-reactive ketones (excluding diaryl/α,β-unsaturated/α-hetero) is 1. The van der Waals surface area contributed by atoms with E-state index in [-0.39, 0.29) is 0 Å². The highest BCUT2D eigenvalue weighted by atomic mass is 19.4. The van der Waals surface area contributed by atoms with E-state index in [1.54, 1.807) is 20.0 Å². The molecule has 0 spiro atoms. The average molecular weight is 205 g/mol. The summed E-state index contributed by atoms with van der Waals surface area (Å²) in [6, 6.07) is 0. The number of alkyl halides is 3. The van der Waals surface area contributed by atoms with E-state index >= 15 is 0 Å². The van der Waals surface area contributed by atoms with Crippen molar-refractivity contribution in [3.05, 3.63) is 23.0 Å². The summed E-state index contributed by atoms with van der Waals surface area (Å²) in [7, 11) is 0. The van der Waals surface area contributed by atoms with Gasteiger partial charge in [0, 0.05) is 18.3 Å². The van der Waals surface area contributed by atoms with Gasteiger partial charge in [0.15, 0.2) is 0 Å². The monoisotopic (exact) mass is 205 g/mol. The summed E-state index contributed by atoms with van der Waals surface area (Å²) in [5, 5.41) is 0. The molecular weight excluding hydrogens is 195 g/mol. The average Bonchev–Trinajstić information content (AvgIpc) is 2.34. The molecule has 78 valence electrons. The standard InChI is InChI=1S/C9H10F3NO/c1-5-4-13-6(2)7(5)3-8(14)9(10,11)12/h4,13H,3H2,1-2H3. The van der Waals surface area contributed by atoms with Gasteiger partial charge in [0.05, 0.1) is 0 Å². The number of rotatable bonds is 2. The largest absolute Gasteiger partial charge is 0.450 e. The molecule has 5 heteroatoms. The van der Waals surface area contributed by atoms with Gasteiger partial charge in [-0.25, -0.2) is 0 Å². The lowest BCUT2D eigenvalue weighted by atomic mass is 10.1. The molecule has 0 atom stereocenters. The van der Waals surface area contributed by atoms with Crippen LogP contribution in [0.15, 0.2) is 6.20 Å². The molecule has 0 radical (unpaired) electrons. The summed E-state index contributed by atoms with van der Waals surface area (Å²) in [5.41, 5.74) is 1.73. The van der Waals surface area contributed by atoms with Crippen LogP contribution in [0, 0.1) is 13.8 Å². The number of aromatic amines is 1. The molecule has 0 bridgehead atoms. The lowest BCUT2D eigenvalue weighted by Crippen LogP contribution is -2.24. The molecule has 0 aliphatic heterocycles. The quantitative estimate of drug-likeness (QED) is 0.789. The van der Waals surface area contributed by atoms with Crippen LogP contribution in [0.4, 0.5) is 13.2 Å². The van der Waals surface area contributed by atoms with Crippen molar-refractivity contribution in [2.45, 2.75) is 26.4 Å². The number of H-pyrrole nitrogens is 1. The van der Waals surface area contributed by atoms with Crippen molar-refractivity contribution in [3.63, 3.8) is 0 Å². The molecule has 0 aliphatic carbocycles. The molecule has 0 fully saturated rings. The van der Waals surface area contributed by atoms with Gasteiger partial charge in [0.25, 0.3) is 0 Å². The Hall–Kier alpha value is -1.26. The van der Waals surface area contributed by atoms with Gasteiger partial charge in [-0.2, -0.15) is 13.2 Å². The van der Waals surface area contributed by atoms with E-state index in [1.165, 1.54) is 0 Å². The number of carbonyl (C=O) groups is 1. The third-order valence-electron chi connectivity index (χ3n) is 2.09. The van der Waals surface area contributed by atoms with Crippen LogP contribution in [-0.2, 0) is 11.2 Å². The first kappa shape index (κ1) is 10.8. The fraction of sp³-hybridized carbons (Fsp3) is 0.444. The highest BCUT2D eigenvalue weighted by Crippen LogP contribution is 2.21. The van der Waals surface area contributed by atoms with Crippen LogP contribution in [0.3, 0.4) is 0 Å². The zero-order valence-corrected chi connectivity index (χ0v) is 7.83. The third-order valence-corrected chi connectivity index (χ3v) is 2.09. The maximum atomic E-state index is 11.9. The Morgan fingerprint density at radius 2 is 2.00 bits per heavy atom. The Kier molecular flexibility index (Phi) is 2.69. The molecule has 0 amide bonds. The molecule has 14 heavy (non-hydrogen) atoms. The van der Waals surface area contributed by atoms with E-state index in [4.69, 9.17) is 0 Å². The van der Waals surface area contributed by atoms with Gasteiger partial charge in [0.1, 0.15) is 0 Å². The van der Waals surface area contributed by atoms with Gasteiger partial charge in [0.2, 0.25) is 5.78 Å². The van der Waals surface area contributed by atoms with E-state index in [0.29, 0.717) is 16.8 Å². The Morgan fingerprint density at radius 1 is 1.43 bits per heavy atom. The minimum absolute atomic E-state index is 0.437. The number of hydrogen-bond acceptors (Lipinski definition) is 1. The first-order chi connectivity index (χ1) is 6.32. The van der Waals surface area contributed by atoms with Gasteiger partial charge < -0.3 is 4.98 Å². The molecule has 1 heterocycles. The summed E-state index contributed by atoms with van der Waals surface area (Å²) >= 11 is 0. The summed E-state index contributed by atoms with van der Waals surface area (Å²) in [5.74, 6) is -1.71. The van der Waals surface area contributed by atoms with Crippen LogP contribution in [-0.4, -0.2) is 16.9 Å². The maximum absolute atomic E-state index is 11.9. The zero-order valence-electron chi connectivity index (χ0n) is 7.83. The normalized spacial score (nSPS) is 11.8. The van der Waals surface area contributed by atoms with Crippen LogP contribution >= 0.6 is 0 Å². The topological polar surface area (TPSA) is 32.9 Å². The second kappa shape index (κ2) is 3.48. The molecule has 0 saturated carbocycles. The molecule has 1 rings (SSSR count). The number of ketones is 1. The molecule has 0 aromatic carbocycles. The maximum Gasteiger partial charge on any atom is 0.450 e. The number of halogens is 3. The Balaban J connectivity index is 2.85. The Morgan fingerprint density at radius 3 is 2.36 bits per heavy atom. The summed E-state index contributed by atoms with van der Waals surface area (Å²) in [6.45, 7) is 3.31. The molecule has 0 saturated heterocycles. The fourth-order valence-electron chi connectivity index (χ4n) is 1.22. The van der Waals surface area contributed by atoms with Gasteiger partial charge in [-0.1, -0.05) is 0 Å². The van der Waals surface area contributed by atoms with Crippen molar-refractivity contribution < 1.29 is 18.0 Å². The van der Waals surface area contributed by atoms with E-state index in [9.17, 15) is 18.0 Å². The highest BCUT2D eigenvalue weighted by molar-refractivity contribution is 5.86. The lowest BCUT2D eigenvalue weighted by molar-refractivity contribution is -0.170. The SMILES string of the molecule is Cc1c[nH]c(C)c1CC(=O)C(F)(F)F. The summed E-state index contributed by atoms with van der Waals surface area (Å²) in [6.07, 6.45) is -3.73. The number of carbonyl (C=O) groups excluding carboxylic acids is 1. The second-order valence-corrected chi connectivity index (χ2v) is 3.17. The first-order valence-corrected chi connectivity index (χ1v) is 4.06. The van der Waals surface area contributed by atoms with Crippen molar-refractivity contribution in [1.29, 1.82) is 0 Å². The molecule has 0 aliphatic rings. The van der Waals surface area contributed by atoms with Crippen LogP contribution in [0.1, 0.15) is 16.8 Å². The van der Waals surface area contributed by atoms with E-state index in [2.05, 4.69) is 4.98 Å². The molecular formula is C9H10F3NO. The van der Waals surface area contributed by atoms with Crippen LogP contribution < -0.4 is 0 Å². The minimum Gasteiger partial charge on any atom is -0.365 e. The lowest BCUT2D eigenvalue weighted by Gasteiger charge is -2.05. The molecule has 1 N–H and O–H groups in total. The Bertz CT molecular complexity index is 332. The van der Waals surface area contributed by atoms with Crippen LogP contribution in [0.2, 0.25) is 0 Å². The summed E-state index contributed by atoms with van der Waals surface area (Å²) in [4.78, 5) is 13.5. The molecule has 1 aromatic rings. The van der Waals surface area contributed by atoms with Crippen molar-refractivity contribution in [2.24, 2.45) is 0 Å². The van der Waals surface area contributed by atoms with Crippen molar-refractivity contribution in [3.8, 4) is 0 Å². The van der Waals surface area contributed by atoms with E-state index in [1.807, 2.05) is 0 Å². The number of aromatic nitrogens is 1. The predicted molar refractivity (Wildman–Crippen MR) is 45.0 cm³/mol. The zero-order chi connectivity index (χ0) is 10.9. The van der Waals surface area contributed by atoms with E-state index < -0.39 is 18.4 Å².